The van der Waals surface area contributed by atoms with Gasteiger partial charge in [-0.25, -0.2) is 0 Å². The van der Waals surface area contributed by atoms with Gasteiger partial charge in [0, 0.05) is 36.8 Å². The number of nitrogens with zero attached hydrogens (tertiary/aromatic N) is 3. The van der Waals surface area contributed by atoms with Gasteiger partial charge in [-0.3, -0.25) is 14.8 Å². The lowest BCUT2D eigenvalue weighted by molar-refractivity contribution is 0.0942. The van der Waals surface area contributed by atoms with Crippen molar-refractivity contribution in [3.05, 3.63) is 78.6 Å². The largest absolute Gasteiger partial charge is 0.463 e. The molecular weight excluding hydrogens is 332 g/mol. The maximum atomic E-state index is 12.2. The van der Waals surface area contributed by atoms with E-state index in [9.17, 15) is 4.79 Å². The van der Waals surface area contributed by atoms with Crippen molar-refractivity contribution in [2.45, 2.75) is 6.54 Å². The average molecular weight is 346 g/mol. The number of hydrogen-bond acceptors (Lipinski definition) is 6. The highest BCUT2D eigenvalue weighted by atomic mass is 16.5. The summed E-state index contributed by atoms with van der Waals surface area (Å²) in [6.45, 7) is 0.333. The Labute approximate surface area is 148 Å². The number of aromatic nitrogens is 3. The molecule has 0 bridgehead atoms. The third-order valence-corrected chi connectivity index (χ3v) is 3.74. The Hall–Kier alpha value is -3.74. The Morgan fingerprint density at radius 3 is 2.77 bits per heavy atom. The van der Waals surface area contributed by atoms with E-state index >= 15 is 0 Å². The highest BCUT2D eigenvalue weighted by Gasteiger charge is 2.13. The summed E-state index contributed by atoms with van der Waals surface area (Å²) in [4.78, 5) is 20.6. The van der Waals surface area contributed by atoms with E-state index in [0.717, 1.165) is 16.8 Å². The first kappa shape index (κ1) is 15.8. The van der Waals surface area contributed by atoms with Gasteiger partial charge in [0.2, 0.25) is 0 Å². The highest BCUT2D eigenvalue weighted by Crippen LogP contribution is 2.19. The van der Waals surface area contributed by atoms with Gasteiger partial charge < -0.3 is 14.3 Å². The molecule has 0 radical (unpaired) electrons. The number of amides is 1. The quantitative estimate of drug-likeness (QED) is 0.596. The molecule has 128 valence electrons. The van der Waals surface area contributed by atoms with Gasteiger partial charge >= 0.3 is 0 Å². The van der Waals surface area contributed by atoms with Crippen molar-refractivity contribution in [3.63, 3.8) is 0 Å². The fourth-order valence-corrected chi connectivity index (χ4v) is 2.40. The number of pyridine rings is 2. The summed E-state index contributed by atoms with van der Waals surface area (Å²) in [5.41, 5.74) is 2.58. The second-order valence-corrected chi connectivity index (χ2v) is 5.53. The minimum absolute atomic E-state index is 0.212. The van der Waals surface area contributed by atoms with Crippen LogP contribution in [-0.2, 0) is 6.54 Å². The molecule has 1 amide bonds. The second-order valence-electron chi connectivity index (χ2n) is 5.53. The maximum absolute atomic E-state index is 12.2. The second kappa shape index (κ2) is 7.02. The highest BCUT2D eigenvalue weighted by molar-refractivity contribution is 5.93. The Morgan fingerprint density at radius 1 is 1.08 bits per heavy atom. The lowest BCUT2D eigenvalue weighted by Crippen LogP contribution is -2.23. The van der Waals surface area contributed by atoms with Crippen LogP contribution in [0.15, 0.2) is 76.3 Å². The SMILES string of the molecule is O=C(NCc1ccc(-c2ccco2)nc1)c1cc(-c2cccnc2)on1. The third-order valence-electron chi connectivity index (χ3n) is 3.74. The van der Waals surface area contributed by atoms with Crippen LogP contribution in [0.3, 0.4) is 0 Å². The third kappa shape index (κ3) is 3.36. The van der Waals surface area contributed by atoms with Crippen LogP contribution in [0.2, 0.25) is 0 Å². The number of carbonyl (C=O) groups excluding carboxylic acids is 1. The van der Waals surface area contributed by atoms with E-state index in [-0.39, 0.29) is 11.6 Å². The topological polar surface area (TPSA) is 94.1 Å². The number of rotatable bonds is 5. The molecule has 0 spiro atoms. The first-order chi connectivity index (χ1) is 12.8. The first-order valence-electron chi connectivity index (χ1n) is 7.94. The molecule has 4 aromatic rings. The van der Waals surface area contributed by atoms with Crippen molar-refractivity contribution in [3.8, 4) is 22.8 Å². The van der Waals surface area contributed by atoms with Crippen molar-refractivity contribution < 1.29 is 13.7 Å². The number of hydrogen-bond donors (Lipinski definition) is 1. The Kier molecular flexibility index (Phi) is 4.26. The van der Waals surface area contributed by atoms with Crippen LogP contribution in [0.1, 0.15) is 16.1 Å². The van der Waals surface area contributed by atoms with Gasteiger partial charge in [-0.15, -0.1) is 0 Å². The van der Waals surface area contributed by atoms with Crippen molar-refractivity contribution in [1.29, 1.82) is 0 Å². The van der Waals surface area contributed by atoms with Gasteiger partial charge in [-0.05, 0) is 35.9 Å². The molecule has 4 heterocycles. The zero-order valence-corrected chi connectivity index (χ0v) is 13.6. The molecule has 0 atom stereocenters. The Balaban J connectivity index is 1.39. The van der Waals surface area contributed by atoms with Crippen LogP contribution < -0.4 is 5.32 Å². The van der Waals surface area contributed by atoms with E-state index in [2.05, 4.69) is 20.4 Å². The fraction of sp³-hybridized carbons (Fsp3) is 0.0526. The van der Waals surface area contributed by atoms with Crippen molar-refractivity contribution in [2.24, 2.45) is 0 Å². The number of carbonyl (C=O) groups is 1. The van der Waals surface area contributed by atoms with E-state index in [4.69, 9.17) is 8.94 Å². The summed E-state index contributed by atoms with van der Waals surface area (Å²) in [5, 5.41) is 6.60. The average Bonchev–Trinajstić information content (AvgIpc) is 3.39. The van der Waals surface area contributed by atoms with Gasteiger partial charge in [0.15, 0.2) is 17.2 Å². The summed E-state index contributed by atoms with van der Waals surface area (Å²) in [6.07, 6.45) is 6.61. The van der Waals surface area contributed by atoms with Crippen LogP contribution in [0, 0.1) is 0 Å². The van der Waals surface area contributed by atoms with Crippen LogP contribution in [0.25, 0.3) is 22.8 Å². The molecule has 0 aliphatic rings. The van der Waals surface area contributed by atoms with E-state index < -0.39 is 0 Å². The van der Waals surface area contributed by atoms with E-state index in [1.54, 1.807) is 37.0 Å². The molecular formula is C19H14N4O3. The molecule has 4 rings (SSSR count). The zero-order valence-electron chi connectivity index (χ0n) is 13.6. The Bertz CT molecular complexity index is 993. The predicted molar refractivity (Wildman–Crippen MR) is 92.8 cm³/mol. The van der Waals surface area contributed by atoms with Crippen molar-refractivity contribution >= 4 is 5.91 Å². The van der Waals surface area contributed by atoms with Crippen molar-refractivity contribution in [2.75, 3.05) is 0 Å². The summed E-state index contributed by atoms with van der Waals surface area (Å²) in [7, 11) is 0. The molecule has 0 saturated heterocycles. The summed E-state index contributed by atoms with van der Waals surface area (Å²) in [6, 6.07) is 12.6. The molecule has 0 aromatic carbocycles. The van der Waals surface area contributed by atoms with Gasteiger partial charge in [0.1, 0.15) is 5.69 Å². The first-order valence-corrected chi connectivity index (χ1v) is 7.94. The van der Waals surface area contributed by atoms with Crippen molar-refractivity contribution in [1.82, 2.24) is 20.4 Å². The van der Waals surface area contributed by atoms with E-state index in [1.165, 1.54) is 0 Å². The zero-order chi connectivity index (χ0) is 17.8. The minimum atomic E-state index is -0.320. The van der Waals surface area contributed by atoms with Crippen LogP contribution in [-0.4, -0.2) is 21.0 Å². The van der Waals surface area contributed by atoms with Gasteiger partial charge in [-0.2, -0.15) is 0 Å². The molecule has 7 heteroatoms. The molecule has 26 heavy (non-hydrogen) atoms. The Morgan fingerprint density at radius 2 is 2.04 bits per heavy atom. The summed E-state index contributed by atoms with van der Waals surface area (Å²) in [5.74, 6) is 0.873. The summed E-state index contributed by atoms with van der Waals surface area (Å²) >= 11 is 0. The summed E-state index contributed by atoms with van der Waals surface area (Å²) < 4.78 is 10.5. The van der Waals surface area contributed by atoms with Crippen LogP contribution in [0.5, 0.6) is 0 Å². The monoisotopic (exact) mass is 346 g/mol. The molecule has 1 N–H and O–H groups in total. The molecule has 0 aliphatic carbocycles. The van der Waals surface area contributed by atoms with E-state index in [0.29, 0.717) is 18.1 Å². The van der Waals surface area contributed by atoms with E-state index in [1.807, 2.05) is 30.3 Å². The lowest BCUT2D eigenvalue weighted by atomic mass is 10.2. The number of furan rings is 1. The normalized spacial score (nSPS) is 10.6. The molecule has 4 aromatic heterocycles. The molecule has 0 fully saturated rings. The van der Waals surface area contributed by atoms with Gasteiger partial charge in [-0.1, -0.05) is 11.2 Å². The van der Waals surface area contributed by atoms with Gasteiger partial charge in [0.25, 0.3) is 5.91 Å². The smallest absolute Gasteiger partial charge is 0.273 e. The number of nitrogens with one attached hydrogen (secondary N) is 1. The molecule has 0 unspecified atom stereocenters. The molecule has 7 nitrogen and oxygen atoms in total. The standard InChI is InChI=1S/C19H14N4O3/c24-19(16-9-18(26-23-16)14-3-1-7-20-12-14)22-11-13-5-6-15(21-10-13)17-4-2-8-25-17/h1-10,12H,11H2,(H,22,24). The lowest BCUT2D eigenvalue weighted by Gasteiger charge is -2.03. The minimum Gasteiger partial charge on any atom is -0.463 e. The predicted octanol–water partition coefficient (Wildman–Crippen LogP) is 3.32. The molecule has 0 saturated carbocycles. The van der Waals surface area contributed by atoms with Gasteiger partial charge in [0.05, 0.1) is 6.26 Å². The maximum Gasteiger partial charge on any atom is 0.273 e. The molecule has 0 aliphatic heterocycles. The van der Waals surface area contributed by atoms with Crippen LogP contribution >= 0.6 is 0 Å². The van der Waals surface area contributed by atoms with Crippen LogP contribution in [0.4, 0.5) is 0 Å². The fourth-order valence-electron chi connectivity index (χ4n) is 2.40.